The summed E-state index contributed by atoms with van der Waals surface area (Å²) in [5, 5.41) is 11.4. The Bertz CT molecular complexity index is 830. The van der Waals surface area contributed by atoms with Crippen LogP contribution in [0, 0.1) is 6.92 Å². The van der Waals surface area contributed by atoms with Crippen LogP contribution in [0.1, 0.15) is 41.7 Å². The van der Waals surface area contributed by atoms with E-state index in [1.165, 1.54) is 0 Å². The lowest BCUT2D eigenvalue weighted by Gasteiger charge is -2.33. The number of hydrogen-bond acceptors (Lipinski definition) is 7. The van der Waals surface area contributed by atoms with Crippen molar-refractivity contribution in [1.82, 2.24) is 20.5 Å². The average Bonchev–Trinajstić information content (AvgIpc) is 3.53. The maximum Gasteiger partial charge on any atom is 0.272 e. The van der Waals surface area contributed by atoms with Crippen LogP contribution < -0.4 is 19.7 Å². The molecular formula is C20H25N5O3. The van der Waals surface area contributed by atoms with Crippen LogP contribution in [0.4, 0.5) is 5.82 Å². The van der Waals surface area contributed by atoms with Gasteiger partial charge >= 0.3 is 0 Å². The minimum Gasteiger partial charge on any atom is -0.489 e. The molecule has 8 heteroatoms. The third-order valence-corrected chi connectivity index (χ3v) is 5.07. The van der Waals surface area contributed by atoms with Crippen LogP contribution in [0.25, 0.3) is 0 Å². The minimum absolute atomic E-state index is 0.134. The summed E-state index contributed by atoms with van der Waals surface area (Å²) in [6.45, 7) is 3.64. The van der Waals surface area contributed by atoms with E-state index in [0.29, 0.717) is 17.6 Å². The van der Waals surface area contributed by atoms with E-state index < -0.39 is 0 Å². The number of aromatic nitrogens is 3. The molecule has 4 rings (SSSR count). The van der Waals surface area contributed by atoms with Gasteiger partial charge in [-0.2, -0.15) is 0 Å². The summed E-state index contributed by atoms with van der Waals surface area (Å²) in [4.78, 5) is 18.5. The highest BCUT2D eigenvalue weighted by atomic mass is 16.5. The monoisotopic (exact) mass is 383 g/mol. The van der Waals surface area contributed by atoms with Gasteiger partial charge in [-0.25, -0.2) is 4.98 Å². The van der Waals surface area contributed by atoms with Gasteiger partial charge in [0.1, 0.15) is 11.9 Å². The van der Waals surface area contributed by atoms with Crippen LogP contribution in [0.15, 0.2) is 24.4 Å². The molecule has 1 N–H and O–H groups in total. The van der Waals surface area contributed by atoms with Gasteiger partial charge in [0.2, 0.25) is 5.88 Å². The fourth-order valence-corrected chi connectivity index (χ4v) is 3.32. The quantitative estimate of drug-likeness (QED) is 0.817. The molecule has 0 bridgehead atoms. The lowest BCUT2D eigenvalue weighted by Crippen LogP contribution is -2.39. The van der Waals surface area contributed by atoms with Crippen molar-refractivity contribution in [3.63, 3.8) is 0 Å². The zero-order chi connectivity index (χ0) is 19.5. The number of ether oxygens (including phenoxy) is 2. The van der Waals surface area contributed by atoms with Crippen molar-refractivity contribution in [1.29, 1.82) is 0 Å². The van der Waals surface area contributed by atoms with Crippen molar-refractivity contribution < 1.29 is 14.3 Å². The van der Waals surface area contributed by atoms with Crippen LogP contribution in [-0.4, -0.2) is 53.4 Å². The van der Waals surface area contributed by atoms with E-state index in [4.69, 9.17) is 9.47 Å². The minimum atomic E-state index is -0.134. The Balaban J connectivity index is 1.33. The van der Waals surface area contributed by atoms with Crippen molar-refractivity contribution in [2.24, 2.45) is 0 Å². The van der Waals surface area contributed by atoms with E-state index in [1.54, 1.807) is 19.4 Å². The number of piperidine rings is 1. The Kier molecular flexibility index (Phi) is 5.27. The van der Waals surface area contributed by atoms with Crippen LogP contribution in [0.2, 0.25) is 0 Å². The second-order valence-electron chi connectivity index (χ2n) is 7.32. The molecule has 0 unspecified atom stereocenters. The van der Waals surface area contributed by atoms with E-state index in [9.17, 15) is 4.79 Å². The number of aryl methyl sites for hydroxylation is 1. The van der Waals surface area contributed by atoms with E-state index >= 15 is 0 Å². The highest BCUT2D eigenvalue weighted by Gasteiger charge is 2.26. The first-order valence-electron chi connectivity index (χ1n) is 9.69. The standard InChI is InChI=1S/C20H25N5O3/c1-13-11-17(20(26)22-14-3-4-14)23-24-19(13)25-9-7-15(8-10-25)28-16-5-6-18(27-2)21-12-16/h5-6,11-12,14-15H,3-4,7-10H2,1-2H3,(H,22,26). The lowest BCUT2D eigenvalue weighted by molar-refractivity contribution is 0.0945. The molecule has 2 fully saturated rings. The van der Waals surface area contributed by atoms with Gasteiger partial charge in [-0.15, -0.1) is 10.2 Å². The van der Waals surface area contributed by atoms with Gasteiger partial charge in [0.05, 0.1) is 13.3 Å². The number of pyridine rings is 1. The molecule has 3 heterocycles. The number of rotatable bonds is 6. The molecule has 0 spiro atoms. The third-order valence-electron chi connectivity index (χ3n) is 5.07. The number of nitrogens with zero attached hydrogens (tertiary/aromatic N) is 4. The molecular weight excluding hydrogens is 358 g/mol. The smallest absolute Gasteiger partial charge is 0.272 e. The molecule has 1 aliphatic heterocycles. The Morgan fingerprint density at radius 3 is 2.57 bits per heavy atom. The van der Waals surface area contributed by atoms with Crippen molar-refractivity contribution in [3.8, 4) is 11.6 Å². The number of carbonyl (C=O) groups is 1. The maximum absolute atomic E-state index is 12.1. The van der Waals surface area contributed by atoms with Gasteiger partial charge in [-0.3, -0.25) is 4.79 Å². The number of carbonyl (C=O) groups excluding carboxylic acids is 1. The Morgan fingerprint density at radius 1 is 1.18 bits per heavy atom. The summed E-state index contributed by atoms with van der Waals surface area (Å²) >= 11 is 0. The first-order valence-corrected chi connectivity index (χ1v) is 9.69. The molecule has 1 amide bonds. The lowest BCUT2D eigenvalue weighted by atomic mass is 10.1. The van der Waals surface area contributed by atoms with Crippen LogP contribution in [-0.2, 0) is 0 Å². The topological polar surface area (TPSA) is 89.5 Å². The van der Waals surface area contributed by atoms with Crippen molar-refractivity contribution in [2.75, 3.05) is 25.1 Å². The third kappa shape index (κ3) is 4.32. The molecule has 8 nitrogen and oxygen atoms in total. The van der Waals surface area contributed by atoms with Crippen LogP contribution >= 0.6 is 0 Å². The average molecular weight is 383 g/mol. The summed E-state index contributed by atoms with van der Waals surface area (Å²) in [6, 6.07) is 5.81. The Morgan fingerprint density at radius 2 is 1.96 bits per heavy atom. The van der Waals surface area contributed by atoms with Gasteiger partial charge in [0.15, 0.2) is 11.5 Å². The van der Waals surface area contributed by atoms with E-state index in [0.717, 1.165) is 55.9 Å². The highest BCUT2D eigenvalue weighted by Crippen LogP contribution is 2.25. The molecule has 0 aromatic carbocycles. The second-order valence-corrected chi connectivity index (χ2v) is 7.32. The summed E-state index contributed by atoms with van der Waals surface area (Å²) in [7, 11) is 1.59. The molecule has 0 atom stereocenters. The molecule has 1 saturated heterocycles. The molecule has 2 aliphatic rings. The molecule has 148 valence electrons. The first-order chi connectivity index (χ1) is 13.6. The van der Waals surface area contributed by atoms with Crippen molar-refractivity contribution in [2.45, 2.75) is 44.8 Å². The van der Waals surface area contributed by atoms with Crippen molar-refractivity contribution >= 4 is 11.7 Å². The SMILES string of the molecule is COc1ccc(OC2CCN(c3nnc(C(=O)NC4CC4)cc3C)CC2)cn1. The zero-order valence-corrected chi connectivity index (χ0v) is 16.2. The highest BCUT2D eigenvalue weighted by molar-refractivity contribution is 5.92. The molecule has 0 radical (unpaired) electrons. The maximum atomic E-state index is 12.1. The fourth-order valence-electron chi connectivity index (χ4n) is 3.32. The summed E-state index contributed by atoms with van der Waals surface area (Å²) < 4.78 is 11.1. The van der Waals surface area contributed by atoms with Gasteiger partial charge in [-0.1, -0.05) is 0 Å². The summed E-state index contributed by atoms with van der Waals surface area (Å²) in [5.41, 5.74) is 1.35. The fraction of sp³-hybridized carbons (Fsp3) is 0.500. The number of methoxy groups -OCH3 is 1. The number of amides is 1. The van der Waals surface area contributed by atoms with Gasteiger partial charge in [0, 0.05) is 38.0 Å². The molecule has 1 aliphatic carbocycles. The summed E-state index contributed by atoms with van der Waals surface area (Å²) in [6.07, 6.45) is 5.71. The predicted octanol–water partition coefficient (Wildman–Crippen LogP) is 2.13. The van der Waals surface area contributed by atoms with Crippen LogP contribution in [0.5, 0.6) is 11.6 Å². The Hall–Kier alpha value is -2.90. The zero-order valence-electron chi connectivity index (χ0n) is 16.2. The predicted molar refractivity (Wildman–Crippen MR) is 104 cm³/mol. The van der Waals surface area contributed by atoms with E-state index in [2.05, 4.69) is 25.4 Å². The Labute approximate surface area is 164 Å². The molecule has 2 aromatic heterocycles. The molecule has 1 saturated carbocycles. The number of hydrogen-bond donors (Lipinski definition) is 1. The number of anilines is 1. The van der Waals surface area contributed by atoms with E-state index in [-0.39, 0.29) is 12.0 Å². The molecule has 28 heavy (non-hydrogen) atoms. The first kappa shape index (κ1) is 18.5. The largest absolute Gasteiger partial charge is 0.489 e. The second kappa shape index (κ2) is 8.00. The molecule has 2 aromatic rings. The van der Waals surface area contributed by atoms with E-state index in [1.807, 2.05) is 19.1 Å². The van der Waals surface area contributed by atoms with Gasteiger partial charge in [0.25, 0.3) is 5.91 Å². The van der Waals surface area contributed by atoms with Crippen LogP contribution in [0.3, 0.4) is 0 Å². The number of nitrogens with one attached hydrogen (secondary N) is 1. The summed E-state index contributed by atoms with van der Waals surface area (Å²) in [5.74, 6) is 2.03. The van der Waals surface area contributed by atoms with Gasteiger partial charge < -0.3 is 19.7 Å². The van der Waals surface area contributed by atoms with Crippen molar-refractivity contribution in [3.05, 3.63) is 35.7 Å². The normalized spacial score (nSPS) is 17.3. The van der Waals surface area contributed by atoms with Gasteiger partial charge in [-0.05, 0) is 37.5 Å².